The van der Waals surface area contributed by atoms with Crippen LogP contribution in [0.5, 0.6) is 0 Å². The van der Waals surface area contributed by atoms with Gasteiger partial charge < -0.3 is 0 Å². The molecule has 0 aromatic heterocycles. The minimum Gasteiger partial charge on any atom is -0.115 e. The summed E-state index contributed by atoms with van der Waals surface area (Å²) in [5.41, 5.74) is 0. The molecule has 2 heteroatoms. The molecule has 1 saturated carbocycles. The van der Waals surface area contributed by atoms with Crippen LogP contribution in [-0.4, -0.2) is 0 Å². The molecule has 0 amide bonds. The highest BCUT2D eigenvalue weighted by Gasteiger charge is 2.13. The Labute approximate surface area is 102 Å². The second-order valence-corrected chi connectivity index (χ2v) is 3.37. The Morgan fingerprint density at radius 3 is 0.929 bits per heavy atom. The van der Waals surface area contributed by atoms with E-state index in [0.29, 0.717) is 0 Å². The van der Waals surface area contributed by atoms with Gasteiger partial charge in [0.2, 0.25) is 0 Å². The summed E-state index contributed by atoms with van der Waals surface area (Å²) in [5.74, 6) is 2.04. The van der Waals surface area contributed by atoms with E-state index in [1.165, 1.54) is 25.7 Å². The first-order valence-electron chi connectivity index (χ1n) is 5.99. The van der Waals surface area contributed by atoms with E-state index in [0.717, 1.165) is 11.8 Å². The first kappa shape index (κ1) is 20.2. The van der Waals surface area contributed by atoms with Gasteiger partial charge >= 0.3 is 0 Å². The van der Waals surface area contributed by atoms with Gasteiger partial charge in [-0.2, -0.15) is 0 Å². The molecule has 1 aliphatic rings. The first-order valence-corrected chi connectivity index (χ1v) is 7.59. The summed E-state index contributed by atoms with van der Waals surface area (Å²) in [4.78, 5) is 0. The van der Waals surface area contributed by atoms with E-state index in [9.17, 15) is 0 Å². The largest absolute Gasteiger partial charge is 0.115 e. The van der Waals surface area contributed by atoms with Crippen LogP contribution < -0.4 is 0 Å². The zero-order valence-electron chi connectivity index (χ0n) is 10.9. The Bertz CT molecular complexity index is 56.7. The monoisotopic (exact) mass is 238 g/mol. The van der Waals surface area contributed by atoms with Gasteiger partial charge in [0.15, 0.2) is 0 Å². The molecule has 90 valence electrons. The molecule has 0 bridgehead atoms. The zero-order chi connectivity index (χ0) is 12.0. The highest BCUT2D eigenvalue weighted by Crippen LogP contribution is 2.27. The molecule has 0 aliphatic heterocycles. The fourth-order valence-electron chi connectivity index (χ4n) is 1.43. The Morgan fingerprint density at radius 2 is 0.786 bits per heavy atom. The molecular weight excluding hydrogens is 208 g/mol. The molecule has 0 heterocycles. The predicted octanol–water partition coefficient (Wildman–Crippen LogP) is 5.65. The second kappa shape index (κ2) is 19.3. The van der Waals surface area contributed by atoms with Gasteiger partial charge in [-0.25, -0.2) is 0 Å². The van der Waals surface area contributed by atoms with Crippen molar-refractivity contribution in [2.24, 2.45) is 11.8 Å². The topological polar surface area (TPSA) is 0 Å². The molecule has 0 atom stereocenters. The van der Waals surface area contributed by atoms with Crippen LogP contribution in [0.2, 0.25) is 0 Å². The maximum Gasteiger partial charge on any atom is -0.0443 e. The highest BCUT2D eigenvalue weighted by molar-refractivity contribution is 8.59. The molecule has 0 aromatic rings. The number of hydrogen-bond acceptors (Lipinski definition) is 2. The van der Waals surface area contributed by atoms with Crippen molar-refractivity contribution in [3.05, 3.63) is 0 Å². The molecule has 0 aromatic carbocycles. The fraction of sp³-hybridized carbons (Fsp3) is 1.00. The van der Waals surface area contributed by atoms with Crippen LogP contribution >= 0.6 is 23.3 Å². The van der Waals surface area contributed by atoms with Gasteiger partial charge in [-0.05, 0) is 11.8 Å². The average Bonchev–Trinajstić information content (AvgIpc) is 2.31. The van der Waals surface area contributed by atoms with Crippen molar-refractivity contribution in [3.63, 3.8) is 0 Å². The molecule has 0 saturated heterocycles. The Balaban J connectivity index is -0.000000174. The fourth-order valence-corrected chi connectivity index (χ4v) is 1.43. The van der Waals surface area contributed by atoms with Crippen molar-refractivity contribution in [2.45, 2.75) is 67.2 Å². The summed E-state index contributed by atoms with van der Waals surface area (Å²) in [5, 5.41) is 0. The SMILES string of the molecule is CC.CC.CC1CCC(C)CC1.SS. The second-order valence-electron chi connectivity index (χ2n) is 3.37. The maximum atomic E-state index is 3.22. The van der Waals surface area contributed by atoms with Crippen molar-refractivity contribution >= 4 is 23.3 Å². The van der Waals surface area contributed by atoms with Crippen molar-refractivity contribution < 1.29 is 0 Å². The minimum atomic E-state index is 1.02. The van der Waals surface area contributed by atoms with Crippen LogP contribution in [-0.2, 0) is 0 Å². The number of rotatable bonds is 0. The Hall–Kier alpha value is 0.700. The average molecular weight is 239 g/mol. The van der Waals surface area contributed by atoms with Crippen LogP contribution in [0.4, 0.5) is 0 Å². The quantitative estimate of drug-likeness (QED) is 0.396. The predicted molar refractivity (Wildman–Crippen MR) is 77.5 cm³/mol. The van der Waals surface area contributed by atoms with Gasteiger partial charge in [0, 0.05) is 0 Å². The smallest absolute Gasteiger partial charge is 0.0443 e. The normalized spacial score (nSPS) is 24.0. The van der Waals surface area contributed by atoms with E-state index in [1.54, 1.807) is 0 Å². The minimum absolute atomic E-state index is 1.02. The first-order chi connectivity index (χ1) is 6.79. The molecule has 0 nitrogen and oxygen atoms in total. The van der Waals surface area contributed by atoms with Crippen LogP contribution in [0.25, 0.3) is 0 Å². The third-order valence-corrected chi connectivity index (χ3v) is 2.30. The molecule has 0 spiro atoms. The molecular formula is C12H30S2. The van der Waals surface area contributed by atoms with E-state index in [-0.39, 0.29) is 0 Å². The molecule has 1 aliphatic carbocycles. The van der Waals surface area contributed by atoms with E-state index in [1.807, 2.05) is 27.7 Å². The lowest BCUT2D eigenvalue weighted by atomic mass is 9.84. The van der Waals surface area contributed by atoms with Crippen LogP contribution in [0, 0.1) is 11.8 Å². The molecule has 14 heavy (non-hydrogen) atoms. The van der Waals surface area contributed by atoms with Crippen LogP contribution in [0.1, 0.15) is 67.2 Å². The lowest BCUT2D eigenvalue weighted by Gasteiger charge is -2.22. The summed E-state index contributed by atoms with van der Waals surface area (Å²) in [6, 6.07) is 0. The van der Waals surface area contributed by atoms with Crippen molar-refractivity contribution in [1.82, 2.24) is 0 Å². The third kappa shape index (κ3) is 15.2. The zero-order valence-corrected chi connectivity index (χ0v) is 12.7. The Kier molecular flexibility index (Phi) is 27.8. The van der Waals surface area contributed by atoms with Gasteiger partial charge in [0.25, 0.3) is 0 Å². The maximum absolute atomic E-state index is 3.22. The van der Waals surface area contributed by atoms with Crippen molar-refractivity contribution in [2.75, 3.05) is 0 Å². The molecule has 0 unspecified atom stereocenters. The Morgan fingerprint density at radius 1 is 0.643 bits per heavy atom. The van der Waals surface area contributed by atoms with E-state index in [4.69, 9.17) is 0 Å². The standard InChI is InChI=1S/C8H16.2C2H6.H2S2/c1-7-3-5-8(2)6-4-7;3*1-2/h7-8H,3-6H2,1-2H3;2*1-2H3;1-2H. The van der Waals surface area contributed by atoms with Gasteiger partial charge in [-0.3, -0.25) is 0 Å². The van der Waals surface area contributed by atoms with Crippen LogP contribution in [0.3, 0.4) is 0 Å². The summed E-state index contributed by atoms with van der Waals surface area (Å²) in [7, 11) is 0. The van der Waals surface area contributed by atoms with Gasteiger partial charge in [-0.15, -0.1) is 23.3 Å². The van der Waals surface area contributed by atoms with E-state index >= 15 is 0 Å². The number of thiol groups is 2. The molecule has 0 radical (unpaired) electrons. The lowest BCUT2D eigenvalue weighted by molar-refractivity contribution is 0.308. The molecule has 0 N–H and O–H groups in total. The van der Waals surface area contributed by atoms with Crippen molar-refractivity contribution in [1.29, 1.82) is 0 Å². The number of hydrogen-bond donors (Lipinski definition) is 2. The van der Waals surface area contributed by atoms with E-state index < -0.39 is 0 Å². The van der Waals surface area contributed by atoms with Crippen LogP contribution in [0.15, 0.2) is 0 Å². The summed E-state index contributed by atoms with van der Waals surface area (Å²) >= 11 is 6.44. The lowest BCUT2D eigenvalue weighted by Crippen LogP contribution is -2.08. The van der Waals surface area contributed by atoms with Gasteiger partial charge in [-0.1, -0.05) is 67.2 Å². The van der Waals surface area contributed by atoms with E-state index in [2.05, 4.69) is 37.2 Å². The van der Waals surface area contributed by atoms with Gasteiger partial charge in [0.05, 0.1) is 0 Å². The molecule has 1 rings (SSSR count). The summed E-state index contributed by atoms with van der Waals surface area (Å²) < 4.78 is 0. The van der Waals surface area contributed by atoms with Gasteiger partial charge in [0.1, 0.15) is 0 Å². The molecule has 1 fully saturated rings. The summed E-state index contributed by atoms with van der Waals surface area (Å²) in [6.45, 7) is 12.7. The third-order valence-electron chi connectivity index (χ3n) is 2.30. The summed E-state index contributed by atoms with van der Waals surface area (Å²) in [6.07, 6.45) is 5.89. The highest BCUT2D eigenvalue weighted by atomic mass is 33.1. The van der Waals surface area contributed by atoms with Crippen molar-refractivity contribution in [3.8, 4) is 0 Å².